The lowest BCUT2D eigenvalue weighted by molar-refractivity contribution is -0.109. The Morgan fingerprint density at radius 1 is 1.22 bits per heavy atom. The summed E-state index contributed by atoms with van der Waals surface area (Å²) in [7, 11) is -3.66. The van der Waals surface area contributed by atoms with E-state index < -0.39 is 10.0 Å². The minimum Gasteiger partial charge on any atom is -0.362 e. The summed E-state index contributed by atoms with van der Waals surface area (Å²) in [5, 5.41) is 5.04. The number of rotatable bonds is 3. The van der Waals surface area contributed by atoms with Crippen molar-refractivity contribution in [2.45, 2.75) is 30.2 Å². The topological polar surface area (TPSA) is 80.5 Å². The Balaban J connectivity index is 2.26. The fraction of sp³-hybridized carbons (Fsp3) is 0.417. The van der Waals surface area contributed by atoms with Gasteiger partial charge in [-0.15, -0.1) is 0 Å². The zero-order chi connectivity index (χ0) is 13.2. The molecule has 0 aromatic heterocycles. The molecule has 1 aromatic rings. The first-order valence-electron chi connectivity index (χ1n) is 5.87. The molecule has 1 aliphatic heterocycles. The predicted octanol–water partition coefficient (Wildman–Crippen LogP) is 0.892. The number of primary sulfonamides is 1. The van der Waals surface area contributed by atoms with Gasteiger partial charge in [0.1, 0.15) is 6.29 Å². The van der Waals surface area contributed by atoms with Gasteiger partial charge in [0.15, 0.2) is 0 Å². The minimum atomic E-state index is -3.66. The molecule has 1 fully saturated rings. The van der Waals surface area contributed by atoms with E-state index in [1.807, 2.05) is 4.90 Å². The fourth-order valence-electron chi connectivity index (χ4n) is 2.25. The van der Waals surface area contributed by atoms with E-state index in [0.29, 0.717) is 0 Å². The third kappa shape index (κ3) is 2.70. The van der Waals surface area contributed by atoms with Crippen LogP contribution in [0.2, 0.25) is 0 Å². The molecule has 0 amide bonds. The number of piperidine rings is 1. The van der Waals surface area contributed by atoms with Crippen molar-refractivity contribution < 1.29 is 13.2 Å². The average molecular weight is 268 g/mol. The molecule has 2 rings (SSSR count). The fourth-order valence-corrected chi connectivity index (χ4v) is 2.76. The quantitative estimate of drug-likeness (QED) is 0.826. The molecule has 0 spiro atoms. The molecule has 6 heteroatoms. The Bertz CT molecular complexity index is 525. The van der Waals surface area contributed by atoms with Crippen molar-refractivity contribution in [2.24, 2.45) is 5.14 Å². The lowest BCUT2D eigenvalue weighted by Crippen LogP contribution is -2.40. The van der Waals surface area contributed by atoms with Gasteiger partial charge in [0.2, 0.25) is 10.0 Å². The summed E-state index contributed by atoms with van der Waals surface area (Å²) in [6.07, 6.45) is 3.89. The summed E-state index contributed by atoms with van der Waals surface area (Å²) in [6.45, 7) is 0.818. The highest BCUT2D eigenvalue weighted by Gasteiger charge is 2.22. The zero-order valence-corrected chi connectivity index (χ0v) is 10.8. The standard InChI is InChI=1S/C12H16N2O3S/c13-18(16,17)12-6-4-10(5-7-12)14-8-2-1-3-11(14)9-15/h4-7,9,11H,1-3,8H2,(H2,13,16,17). The van der Waals surface area contributed by atoms with Crippen molar-refractivity contribution in [3.8, 4) is 0 Å². The number of carbonyl (C=O) groups is 1. The van der Waals surface area contributed by atoms with E-state index in [1.54, 1.807) is 12.1 Å². The van der Waals surface area contributed by atoms with Crippen LogP contribution in [0.5, 0.6) is 0 Å². The first-order valence-corrected chi connectivity index (χ1v) is 7.42. The largest absolute Gasteiger partial charge is 0.362 e. The zero-order valence-electron chi connectivity index (χ0n) is 9.95. The van der Waals surface area contributed by atoms with Crippen molar-refractivity contribution in [2.75, 3.05) is 11.4 Å². The van der Waals surface area contributed by atoms with E-state index >= 15 is 0 Å². The number of benzene rings is 1. The summed E-state index contributed by atoms with van der Waals surface area (Å²) in [5.41, 5.74) is 0.860. The van der Waals surface area contributed by atoms with Crippen LogP contribution < -0.4 is 10.0 Å². The summed E-state index contributed by atoms with van der Waals surface area (Å²) >= 11 is 0. The number of aldehydes is 1. The van der Waals surface area contributed by atoms with Crippen LogP contribution in [0.25, 0.3) is 0 Å². The van der Waals surface area contributed by atoms with Crippen LogP contribution >= 0.6 is 0 Å². The molecule has 1 aliphatic rings. The van der Waals surface area contributed by atoms with E-state index in [4.69, 9.17) is 5.14 Å². The molecule has 0 bridgehead atoms. The van der Waals surface area contributed by atoms with Gasteiger partial charge in [-0.1, -0.05) is 0 Å². The Morgan fingerprint density at radius 3 is 2.44 bits per heavy atom. The third-order valence-corrected chi connectivity index (χ3v) is 4.13. The first kappa shape index (κ1) is 13.0. The molecule has 18 heavy (non-hydrogen) atoms. The molecule has 98 valence electrons. The molecular formula is C12H16N2O3S. The molecule has 2 N–H and O–H groups in total. The van der Waals surface area contributed by atoms with Crippen LogP contribution in [0.4, 0.5) is 5.69 Å². The summed E-state index contributed by atoms with van der Waals surface area (Å²) in [6, 6.07) is 6.23. The highest BCUT2D eigenvalue weighted by molar-refractivity contribution is 7.89. The molecule has 0 radical (unpaired) electrons. The lowest BCUT2D eigenvalue weighted by atomic mass is 10.0. The van der Waals surface area contributed by atoms with E-state index in [1.165, 1.54) is 12.1 Å². The lowest BCUT2D eigenvalue weighted by Gasteiger charge is -2.34. The molecule has 1 aromatic carbocycles. The molecule has 1 heterocycles. The Morgan fingerprint density at radius 2 is 1.89 bits per heavy atom. The number of nitrogens with zero attached hydrogens (tertiary/aromatic N) is 1. The second-order valence-electron chi connectivity index (χ2n) is 4.43. The molecule has 1 saturated heterocycles. The maximum atomic E-state index is 11.1. The minimum absolute atomic E-state index is 0.0888. The summed E-state index contributed by atoms with van der Waals surface area (Å²) in [5.74, 6) is 0. The van der Waals surface area contributed by atoms with E-state index in [2.05, 4.69) is 0 Å². The van der Waals surface area contributed by atoms with Crippen LogP contribution in [-0.4, -0.2) is 27.3 Å². The number of nitrogens with two attached hydrogens (primary N) is 1. The van der Waals surface area contributed by atoms with E-state index in [-0.39, 0.29) is 10.9 Å². The third-order valence-electron chi connectivity index (χ3n) is 3.20. The van der Waals surface area contributed by atoms with Crippen molar-refractivity contribution in [1.29, 1.82) is 0 Å². The van der Waals surface area contributed by atoms with Crippen LogP contribution in [-0.2, 0) is 14.8 Å². The number of hydrogen-bond acceptors (Lipinski definition) is 4. The van der Waals surface area contributed by atoms with Gasteiger partial charge in [-0.25, -0.2) is 13.6 Å². The van der Waals surface area contributed by atoms with Crippen LogP contribution in [0, 0.1) is 0 Å². The molecule has 0 aliphatic carbocycles. The molecule has 0 saturated carbocycles. The molecule has 1 atom stereocenters. The number of anilines is 1. The maximum Gasteiger partial charge on any atom is 0.238 e. The summed E-state index contributed by atoms with van der Waals surface area (Å²) in [4.78, 5) is 13.1. The second kappa shape index (κ2) is 5.07. The smallest absolute Gasteiger partial charge is 0.238 e. The first-order chi connectivity index (χ1) is 8.52. The van der Waals surface area contributed by atoms with Gasteiger partial charge in [-0.3, -0.25) is 0 Å². The molecular weight excluding hydrogens is 252 g/mol. The van der Waals surface area contributed by atoms with Gasteiger partial charge in [0, 0.05) is 12.2 Å². The van der Waals surface area contributed by atoms with E-state index in [0.717, 1.165) is 37.8 Å². The van der Waals surface area contributed by atoms with Gasteiger partial charge in [0.25, 0.3) is 0 Å². The monoisotopic (exact) mass is 268 g/mol. The Kier molecular flexibility index (Phi) is 3.68. The highest BCUT2D eigenvalue weighted by atomic mass is 32.2. The van der Waals surface area contributed by atoms with Crippen molar-refractivity contribution >= 4 is 22.0 Å². The van der Waals surface area contributed by atoms with Gasteiger partial charge >= 0.3 is 0 Å². The number of hydrogen-bond donors (Lipinski definition) is 1. The number of carbonyl (C=O) groups excluding carboxylic acids is 1. The van der Waals surface area contributed by atoms with E-state index in [9.17, 15) is 13.2 Å². The van der Waals surface area contributed by atoms with Crippen LogP contribution in [0.15, 0.2) is 29.2 Å². The van der Waals surface area contributed by atoms with Gasteiger partial charge in [-0.05, 0) is 43.5 Å². The highest BCUT2D eigenvalue weighted by Crippen LogP contribution is 2.24. The van der Waals surface area contributed by atoms with Crippen LogP contribution in [0.1, 0.15) is 19.3 Å². The Labute approximate surface area is 107 Å². The normalized spacial score (nSPS) is 20.7. The van der Waals surface area contributed by atoms with Crippen LogP contribution in [0.3, 0.4) is 0 Å². The summed E-state index contributed by atoms with van der Waals surface area (Å²) < 4.78 is 22.3. The van der Waals surface area contributed by atoms with Crippen molar-refractivity contribution in [1.82, 2.24) is 0 Å². The van der Waals surface area contributed by atoms with Gasteiger partial charge < -0.3 is 9.69 Å². The molecule has 1 unspecified atom stereocenters. The Hall–Kier alpha value is -1.40. The molecule has 5 nitrogen and oxygen atoms in total. The average Bonchev–Trinajstić information content (AvgIpc) is 2.38. The van der Waals surface area contributed by atoms with Gasteiger partial charge in [0.05, 0.1) is 10.9 Å². The second-order valence-corrected chi connectivity index (χ2v) is 5.99. The van der Waals surface area contributed by atoms with Crippen molar-refractivity contribution in [3.63, 3.8) is 0 Å². The SMILES string of the molecule is NS(=O)(=O)c1ccc(N2CCCCC2C=O)cc1. The maximum absolute atomic E-state index is 11.1. The number of sulfonamides is 1. The van der Waals surface area contributed by atoms with Gasteiger partial charge in [-0.2, -0.15) is 0 Å². The predicted molar refractivity (Wildman–Crippen MR) is 68.9 cm³/mol. The van der Waals surface area contributed by atoms with Crippen molar-refractivity contribution in [3.05, 3.63) is 24.3 Å².